The van der Waals surface area contributed by atoms with Gasteiger partial charge < -0.3 is 10.0 Å². The molecule has 0 aromatic carbocycles. The molecule has 140 valence electrons. The summed E-state index contributed by atoms with van der Waals surface area (Å²) in [4.78, 5) is 36.3. The Kier molecular flexibility index (Phi) is 10.5. The molecule has 0 saturated carbocycles. The number of carbonyl (C=O) groups excluding carboxylic acids is 2. The summed E-state index contributed by atoms with van der Waals surface area (Å²) >= 11 is 0. The molecule has 1 atom stereocenters. The lowest BCUT2D eigenvalue weighted by molar-refractivity contribution is -0.137. The maximum atomic E-state index is 12.2. The number of nitrogens with zero attached hydrogens (tertiary/aromatic N) is 1. The molecule has 1 saturated heterocycles. The second-order valence-electron chi connectivity index (χ2n) is 6.55. The van der Waals surface area contributed by atoms with Crippen molar-refractivity contribution < 1.29 is 19.5 Å². The van der Waals surface area contributed by atoms with E-state index in [0.717, 1.165) is 32.1 Å². The van der Waals surface area contributed by atoms with Crippen LogP contribution in [-0.4, -0.2) is 40.3 Å². The monoisotopic (exact) mass is 349 g/mol. The van der Waals surface area contributed by atoms with Crippen molar-refractivity contribution in [2.45, 2.75) is 77.2 Å². The highest BCUT2D eigenvalue weighted by atomic mass is 16.4. The van der Waals surface area contributed by atoms with E-state index in [-0.39, 0.29) is 24.2 Å². The van der Waals surface area contributed by atoms with Gasteiger partial charge in [0.05, 0.1) is 6.04 Å². The Morgan fingerprint density at radius 1 is 1.20 bits per heavy atom. The number of allylic oxidation sites excluding steroid dienone is 2. The van der Waals surface area contributed by atoms with E-state index in [1.807, 2.05) is 23.1 Å². The molecule has 1 aliphatic rings. The van der Waals surface area contributed by atoms with Gasteiger partial charge >= 0.3 is 5.97 Å². The Balaban J connectivity index is 2.47. The van der Waals surface area contributed by atoms with Crippen molar-refractivity contribution in [1.82, 2.24) is 4.90 Å². The summed E-state index contributed by atoms with van der Waals surface area (Å²) in [6.07, 6.45) is 14.8. The lowest BCUT2D eigenvalue weighted by Crippen LogP contribution is -2.42. The molecule has 1 heterocycles. The number of unbranched alkanes of at least 4 members (excludes halogenated alkanes) is 3. The van der Waals surface area contributed by atoms with Crippen LogP contribution in [0.1, 0.15) is 71.1 Å². The molecule has 0 aliphatic carbocycles. The number of ketones is 1. The van der Waals surface area contributed by atoms with Gasteiger partial charge in [-0.05, 0) is 38.2 Å². The summed E-state index contributed by atoms with van der Waals surface area (Å²) in [6.45, 7) is 2.63. The SMILES string of the molecule is CCCCCC(=O)/C=C/[C@H]1CCCC(=O)N1C/C=C\CCCC(=O)O. The third kappa shape index (κ3) is 9.22. The van der Waals surface area contributed by atoms with E-state index < -0.39 is 5.97 Å². The Morgan fingerprint density at radius 3 is 2.72 bits per heavy atom. The van der Waals surface area contributed by atoms with Crippen LogP contribution < -0.4 is 0 Å². The van der Waals surface area contributed by atoms with Crippen LogP contribution in [0.5, 0.6) is 0 Å². The number of hydrogen-bond acceptors (Lipinski definition) is 3. The van der Waals surface area contributed by atoms with Crippen LogP contribution in [-0.2, 0) is 14.4 Å². The highest BCUT2D eigenvalue weighted by Crippen LogP contribution is 2.19. The fourth-order valence-corrected chi connectivity index (χ4v) is 2.91. The Labute approximate surface area is 150 Å². The van der Waals surface area contributed by atoms with Crippen molar-refractivity contribution in [2.24, 2.45) is 0 Å². The first-order valence-corrected chi connectivity index (χ1v) is 9.42. The first-order chi connectivity index (χ1) is 12.0. The van der Waals surface area contributed by atoms with Crippen LogP contribution in [0.15, 0.2) is 24.3 Å². The average Bonchev–Trinajstić information content (AvgIpc) is 2.57. The van der Waals surface area contributed by atoms with E-state index in [1.54, 1.807) is 6.08 Å². The zero-order chi connectivity index (χ0) is 18.5. The Hall–Kier alpha value is -1.91. The predicted octanol–water partition coefficient (Wildman–Crippen LogP) is 3.88. The molecule has 25 heavy (non-hydrogen) atoms. The second kappa shape index (κ2) is 12.5. The van der Waals surface area contributed by atoms with Crippen molar-refractivity contribution in [3.63, 3.8) is 0 Å². The van der Waals surface area contributed by atoms with Gasteiger partial charge in [-0.25, -0.2) is 0 Å². The smallest absolute Gasteiger partial charge is 0.303 e. The van der Waals surface area contributed by atoms with Crippen LogP contribution in [0.4, 0.5) is 0 Å². The molecule has 0 spiro atoms. The fraction of sp³-hybridized carbons (Fsp3) is 0.650. The minimum atomic E-state index is -0.784. The van der Waals surface area contributed by atoms with Gasteiger partial charge in [0, 0.05) is 25.8 Å². The van der Waals surface area contributed by atoms with E-state index in [0.29, 0.717) is 32.2 Å². The van der Waals surface area contributed by atoms with Gasteiger partial charge in [0.1, 0.15) is 0 Å². The van der Waals surface area contributed by atoms with Crippen LogP contribution in [0.2, 0.25) is 0 Å². The van der Waals surface area contributed by atoms with Crippen LogP contribution >= 0.6 is 0 Å². The van der Waals surface area contributed by atoms with Crippen molar-refractivity contribution in [3.05, 3.63) is 24.3 Å². The molecule has 1 rings (SSSR count). The molecule has 0 aromatic heterocycles. The number of aliphatic carboxylic acids is 1. The normalized spacial score (nSPS) is 18.4. The lowest BCUT2D eigenvalue weighted by Gasteiger charge is -2.33. The zero-order valence-corrected chi connectivity index (χ0v) is 15.3. The summed E-state index contributed by atoms with van der Waals surface area (Å²) < 4.78 is 0. The molecule has 5 nitrogen and oxygen atoms in total. The van der Waals surface area contributed by atoms with Gasteiger partial charge in [-0.2, -0.15) is 0 Å². The van der Waals surface area contributed by atoms with E-state index in [1.165, 1.54) is 0 Å². The summed E-state index contributed by atoms with van der Waals surface area (Å²) in [5.74, 6) is -0.529. The molecule has 1 amide bonds. The molecule has 0 unspecified atom stereocenters. The fourth-order valence-electron chi connectivity index (χ4n) is 2.91. The van der Waals surface area contributed by atoms with Gasteiger partial charge in [-0.1, -0.05) is 38.0 Å². The van der Waals surface area contributed by atoms with E-state index in [4.69, 9.17) is 5.11 Å². The Bertz CT molecular complexity index is 496. The molecule has 0 radical (unpaired) electrons. The number of carboxylic acids is 1. The first-order valence-electron chi connectivity index (χ1n) is 9.42. The van der Waals surface area contributed by atoms with Crippen molar-refractivity contribution in [3.8, 4) is 0 Å². The summed E-state index contributed by atoms with van der Waals surface area (Å²) in [5, 5.41) is 8.60. The summed E-state index contributed by atoms with van der Waals surface area (Å²) in [6, 6.07) is -0.0138. The molecule has 1 N–H and O–H groups in total. The van der Waals surface area contributed by atoms with Gasteiger partial charge in [-0.15, -0.1) is 0 Å². The molecule has 0 aromatic rings. The number of hydrogen-bond donors (Lipinski definition) is 1. The number of piperidine rings is 1. The number of rotatable bonds is 12. The summed E-state index contributed by atoms with van der Waals surface area (Å²) in [5.41, 5.74) is 0. The van der Waals surface area contributed by atoms with Gasteiger partial charge in [0.15, 0.2) is 5.78 Å². The zero-order valence-electron chi connectivity index (χ0n) is 15.3. The van der Waals surface area contributed by atoms with Gasteiger partial charge in [-0.3, -0.25) is 14.4 Å². The number of likely N-dealkylation sites (tertiary alicyclic amines) is 1. The number of carboxylic acid groups (broad SMARTS) is 1. The highest BCUT2D eigenvalue weighted by molar-refractivity contribution is 5.89. The predicted molar refractivity (Wildman–Crippen MR) is 98.3 cm³/mol. The van der Waals surface area contributed by atoms with Crippen LogP contribution in [0, 0.1) is 0 Å². The molecular formula is C20H31NO4. The van der Waals surface area contributed by atoms with E-state index >= 15 is 0 Å². The molecule has 0 bridgehead atoms. The highest BCUT2D eigenvalue weighted by Gasteiger charge is 2.25. The topological polar surface area (TPSA) is 74.7 Å². The number of carbonyl (C=O) groups is 3. The van der Waals surface area contributed by atoms with Gasteiger partial charge in [0.25, 0.3) is 0 Å². The van der Waals surface area contributed by atoms with E-state index in [9.17, 15) is 14.4 Å². The minimum Gasteiger partial charge on any atom is -0.481 e. The molecular weight excluding hydrogens is 318 g/mol. The molecule has 1 aliphatic heterocycles. The van der Waals surface area contributed by atoms with E-state index in [2.05, 4.69) is 6.92 Å². The summed E-state index contributed by atoms with van der Waals surface area (Å²) in [7, 11) is 0. The maximum Gasteiger partial charge on any atom is 0.303 e. The second-order valence-corrected chi connectivity index (χ2v) is 6.55. The van der Waals surface area contributed by atoms with Crippen molar-refractivity contribution in [1.29, 1.82) is 0 Å². The quantitative estimate of drug-likeness (QED) is 0.329. The third-order valence-corrected chi connectivity index (χ3v) is 4.37. The standard InChI is InChI=1S/C20H31NO4/c1-2-3-6-11-18(22)15-14-17-10-9-12-19(23)21(17)16-8-5-4-7-13-20(24)25/h5,8,14-15,17H,2-4,6-7,9-13,16H2,1H3,(H,24,25)/b8-5-,15-14+/t17-/m1/s1. The van der Waals surface area contributed by atoms with Gasteiger partial charge in [0.2, 0.25) is 5.91 Å². The number of amides is 1. The third-order valence-electron chi connectivity index (χ3n) is 4.37. The van der Waals surface area contributed by atoms with Crippen molar-refractivity contribution in [2.75, 3.05) is 6.54 Å². The Morgan fingerprint density at radius 2 is 2.00 bits per heavy atom. The van der Waals surface area contributed by atoms with Crippen LogP contribution in [0.3, 0.4) is 0 Å². The maximum absolute atomic E-state index is 12.2. The lowest BCUT2D eigenvalue weighted by atomic mass is 10.00. The first kappa shape index (κ1) is 21.1. The largest absolute Gasteiger partial charge is 0.481 e. The average molecular weight is 349 g/mol. The minimum absolute atomic E-state index is 0.0138. The molecule has 1 fully saturated rings. The molecule has 5 heteroatoms. The van der Waals surface area contributed by atoms with Crippen LogP contribution in [0.25, 0.3) is 0 Å². The van der Waals surface area contributed by atoms with Crippen molar-refractivity contribution >= 4 is 17.7 Å².